The lowest BCUT2D eigenvalue weighted by molar-refractivity contribution is -0.146. The zero-order valence-electron chi connectivity index (χ0n) is 16.0. The Labute approximate surface area is 167 Å². The molecule has 0 aliphatic rings. The zero-order valence-corrected chi connectivity index (χ0v) is 16.0. The lowest BCUT2D eigenvalue weighted by Crippen LogP contribution is -2.32. The predicted molar refractivity (Wildman–Crippen MR) is 106 cm³/mol. The van der Waals surface area contributed by atoms with Crippen LogP contribution in [0.4, 0.5) is 11.4 Å². The fourth-order valence-electron chi connectivity index (χ4n) is 2.31. The van der Waals surface area contributed by atoms with E-state index in [4.69, 9.17) is 9.47 Å². The van der Waals surface area contributed by atoms with Crippen LogP contribution >= 0.6 is 0 Å². The normalized spacial score (nSPS) is 9.86. The highest BCUT2D eigenvalue weighted by molar-refractivity contribution is 5.97. The molecule has 2 aromatic rings. The highest BCUT2D eigenvalue weighted by Gasteiger charge is 2.13. The molecule has 9 heteroatoms. The van der Waals surface area contributed by atoms with E-state index in [-0.39, 0.29) is 12.5 Å². The molecule has 0 aromatic heterocycles. The molecule has 0 bridgehead atoms. The maximum atomic E-state index is 12.1. The maximum absolute atomic E-state index is 12.1. The smallest absolute Gasteiger partial charge is 0.325 e. The average molecular weight is 399 g/mol. The zero-order chi connectivity index (χ0) is 21.2. The van der Waals surface area contributed by atoms with Crippen molar-refractivity contribution in [3.63, 3.8) is 0 Å². The lowest BCUT2D eigenvalue weighted by atomic mass is 10.2. The Bertz CT molecular complexity index is 898. The van der Waals surface area contributed by atoms with E-state index in [0.29, 0.717) is 22.7 Å². The third-order valence-corrected chi connectivity index (χ3v) is 3.59. The highest BCUT2D eigenvalue weighted by atomic mass is 16.5. The van der Waals surface area contributed by atoms with Gasteiger partial charge in [-0.1, -0.05) is 18.2 Å². The lowest BCUT2D eigenvalue weighted by Gasteiger charge is -2.12. The first-order valence-electron chi connectivity index (χ1n) is 8.63. The topological polar surface area (TPSA) is 123 Å². The van der Waals surface area contributed by atoms with E-state index in [1.54, 1.807) is 42.5 Å². The van der Waals surface area contributed by atoms with E-state index < -0.39 is 24.4 Å². The Hall–Kier alpha value is -3.88. The summed E-state index contributed by atoms with van der Waals surface area (Å²) in [6.45, 7) is 0.439. The first-order valence-corrected chi connectivity index (χ1v) is 8.63. The van der Waals surface area contributed by atoms with Crippen LogP contribution < -0.4 is 20.7 Å². The van der Waals surface area contributed by atoms with Crippen molar-refractivity contribution in [1.29, 1.82) is 0 Å². The number of amides is 3. The first kappa shape index (κ1) is 21.4. The van der Waals surface area contributed by atoms with E-state index in [1.165, 1.54) is 20.1 Å². The molecule has 0 heterocycles. The molecule has 0 atom stereocenters. The van der Waals surface area contributed by atoms with Gasteiger partial charge >= 0.3 is 5.97 Å². The molecule has 0 radical (unpaired) electrons. The second kappa shape index (κ2) is 10.5. The van der Waals surface area contributed by atoms with Crippen LogP contribution in [0.5, 0.6) is 5.75 Å². The molecular formula is C20H21N3O6. The summed E-state index contributed by atoms with van der Waals surface area (Å²) in [6, 6.07) is 13.1. The number of anilines is 2. The van der Waals surface area contributed by atoms with Crippen LogP contribution in [0.1, 0.15) is 17.3 Å². The van der Waals surface area contributed by atoms with Gasteiger partial charge in [-0.3, -0.25) is 19.2 Å². The molecule has 3 amide bonds. The van der Waals surface area contributed by atoms with Gasteiger partial charge in [0.25, 0.3) is 11.8 Å². The largest absolute Gasteiger partial charge is 0.495 e. The highest BCUT2D eigenvalue weighted by Crippen LogP contribution is 2.27. The molecule has 29 heavy (non-hydrogen) atoms. The Balaban J connectivity index is 1.83. The fourth-order valence-corrected chi connectivity index (χ4v) is 2.31. The van der Waals surface area contributed by atoms with Crippen molar-refractivity contribution in [1.82, 2.24) is 5.32 Å². The number of hydrogen-bond acceptors (Lipinski definition) is 6. The molecule has 0 saturated heterocycles. The molecule has 0 unspecified atom stereocenters. The van der Waals surface area contributed by atoms with Crippen molar-refractivity contribution >= 4 is 35.1 Å². The summed E-state index contributed by atoms with van der Waals surface area (Å²) in [5.41, 5.74) is 1.18. The van der Waals surface area contributed by atoms with Gasteiger partial charge < -0.3 is 25.4 Å². The molecule has 2 aromatic carbocycles. The third-order valence-electron chi connectivity index (χ3n) is 3.59. The minimum Gasteiger partial charge on any atom is -0.495 e. The standard InChI is InChI=1S/C20H21N3O6/c1-13(24)22-15-8-9-17(28-2)16(10-15)23-18(25)12-29-19(26)11-21-20(27)14-6-4-3-5-7-14/h3-10H,11-12H2,1-2H3,(H,21,27)(H,22,24)(H,23,25). The molecular weight excluding hydrogens is 378 g/mol. The predicted octanol–water partition coefficient (Wildman–Crippen LogP) is 1.57. The fraction of sp³-hybridized carbons (Fsp3) is 0.200. The molecule has 9 nitrogen and oxygen atoms in total. The number of nitrogens with one attached hydrogen (secondary N) is 3. The molecule has 0 aliphatic carbocycles. The van der Waals surface area contributed by atoms with Gasteiger partial charge in [-0.25, -0.2) is 0 Å². The minimum absolute atomic E-state index is 0.265. The number of rotatable bonds is 8. The second-order valence-electron chi connectivity index (χ2n) is 5.85. The average Bonchev–Trinajstić information content (AvgIpc) is 2.71. The van der Waals surface area contributed by atoms with E-state index in [9.17, 15) is 19.2 Å². The number of hydrogen-bond donors (Lipinski definition) is 3. The van der Waals surface area contributed by atoms with Crippen LogP contribution in [0.3, 0.4) is 0 Å². The van der Waals surface area contributed by atoms with Crippen LogP contribution in [0.15, 0.2) is 48.5 Å². The quantitative estimate of drug-likeness (QED) is 0.579. The van der Waals surface area contributed by atoms with Crippen molar-refractivity contribution in [3.05, 3.63) is 54.1 Å². The molecule has 0 saturated carbocycles. The maximum Gasteiger partial charge on any atom is 0.325 e. The number of carbonyl (C=O) groups is 4. The van der Waals surface area contributed by atoms with Crippen LogP contribution in [-0.2, 0) is 19.1 Å². The molecule has 2 rings (SSSR count). The van der Waals surface area contributed by atoms with E-state index in [0.717, 1.165) is 0 Å². The summed E-state index contributed by atoms with van der Waals surface area (Å²) in [4.78, 5) is 46.8. The van der Waals surface area contributed by atoms with E-state index in [2.05, 4.69) is 16.0 Å². The minimum atomic E-state index is -0.761. The van der Waals surface area contributed by atoms with Gasteiger partial charge in [0, 0.05) is 18.2 Å². The number of esters is 1. The van der Waals surface area contributed by atoms with Crippen LogP contribution in [-0.4, -0.2) is 44.0 Å². The van der Waals surface area contributed by atoms with E-state index >= 15 is 0 Å². The van der Waals surface area contributed by atoms with E-state index in [1.807, 2.05) is 0 Å². The van der Waals surface area contributed by atoms with Crippen molar-refractivity contribution < 1.29 is 28.7 Å². The van der Waals surface area contributed by atoms with Gasteiger partial charge in [-0.05, 0) is 30.3 Å². The summed E-state index contributed by atoms with van der Waals surface area (Å²) < 4.78 is 10.0. The molecule has 152 valence electrons. The summed E-state index contributed by atoms with van der Waals surface area (Å²) in [5.74, 6) is -1.69. The molecule has 3 N–H and O–H groups in total. The number of benzene rings is 2. The van der Waals surface area contributed by atoms with Gasteiger partial charge in [0.2, 0.25) is 5.91 Å². The molecule has 0 aliphatic heterocycles. The number of methoxy groups -OCH3 is 1. The summed E-state index contributed by atoms with van der Waals surface area (Å²) in [6.07, 6.45) is 0. The van der Waals surface area contributed by atoms with Gasteiger partial charge in [0.05, 0.1) is 12.8 Å². The van der Waals surface area contributed by atoms with Crippen LogP contribution in [0.2, 0.25) is 0 Å². The Kier molecular flexibility index (Phi) is 7.72. The van der Waals surface area contributed by atoms with Gasteiger partial charge in [0.15, 0.2) is 6.61 Å². The van der Waals surface area contributed by atoms with Crippen molar-refractivity contribution in [3.8, 4) is 5.75 Å². The third kappa shape index (κ3) is 6.98. The van der Waals surface area contributed by atoms with Gasteiger partial charge in [0.1, 0.15) is 12.3 Å². The van der Waals surface area contributed by atoms with Gasteiger partial charge in [-0.2, -0.15) is 0 Å². The van der Waals surface area contributed by atoms with Crippen molar-refractivity contribution in [2.45, 2.75) is 6.92 Å². The first-order chi connectivity index (χ1) is 13.9. The summed E-state index contributed by atoms with van der Waals surface area (Å²) in [5, 5.41) is 7.54. The summed E-state index contributed by atoms with van der Waals surface area (Å²) in [7, 11) is 1.43. The second-order valence-corrected chi connectivity index (χ2v) is 5.85. The van der Waals surface area contributed by atoms with Crippen LogP contribution in [0, 0.1) is 0 Å². The number of ether oxygens (including phenoxy) is 2. The van der Waals surface area contributed by atoms with Crippen molar-refractivity contribution in [2.75, 3.05) is 30.9 Å². The Morgan fingerprint density at radius 1 is 0.966 bits per heavy atom. The summed E-state index contributed by atoms with van der Waals surface area (Å²) >= 11 is 0. The SMILES string of the molecule is COc1ccc(NC(C)=O)cc1NC(=O)COC(=O)CNC(=O)c1ccccc1. The van der Waals surface area contributed by atoms with Crippen molar-refractivity contribution in [2.24, 2.45) is 0 Å². The monoisotopic (exact) mass is 399 g/mol. The molecule has 0 fully saturated rings. The molecule has 0 spiro atoms. The Morgan fingerprint density at radius 2 is 1.69 bits per heavy atom. The van der Waals surface area contributed by atoms with Crippen LogP contribution in [0.25, 0.3) is 0 Å². The Morgan fingerprint density at radius 3 is 2.34 bits per heavy atom. The van der Waals surface area contributed by atoms with Gasteiger partial charge in [-0.15, -0.1) is 0 Å². The number of carbonyl (C=O) groups excluding carboxylic acids is 4.